The van der Waals surface area contributed by atoms with Crippen molar-refractivity contribution in [3.8, 4) is 5.75 Å². The fourth-order valence-electron chi connectivity index (χ4n) is 2.28. The van der Waals surface area contributed by atoms with Gasteiger partial charge in [-0.05, 0) is 36.6 Å². The Kier molecular flexibility index (Phi) is 4.65. The lowest BCUT2D eigenvalue weighted by molar-refractivity contribution is 0.0893. The van der Waals surface area contributed by atoms with E-state index in [2.05, 4.69) is 6.58 Å². The summed E-state index contributed by atoms with van der Waals surface area (Å²) in [5.74, 6) is -2.56. The van der Waals surface area contributed by atoms with Gasteiger partial charge in [-0.3, -0.25) is 0 Å². The van der Waals surface area contributed by atoms with Gasteiger partial charge in [0.1, 0.15) is 5.75 Å². The Morgan fingerprint density at radius 1 is 1.09 bits per heavy atom. The van der Waals surface area contributed by atoms with E-state index in [1.54, 1.807) is 12.1 Å². The van der Waals surface area contributed by atoms with E-state index in [-0.39, 0.29) is 5.57 Å². The Bertz CT molecular complexity index is 667. The van der Waals surface area contributed by atoms with Crippen LogP contribution in [0.15, 0.2) is 49.0 Å². The molecule has 0 aromatic heterocycles. The maximum absolute atomic E-state index is 13.6. The molecule has 0 radical (unpaired) electrons. The molecule has 22 heavy (non-hydrogen) atoms. The number of methoxy groups -OCH3 is 1. The fourth-order valence-corrected chi connectivity index (χ4v) is 2.28. The summed E-state index contributed by atoms with van der Waals surface area (Å²) >= 11 is 0. The smallest absolute Gasteiger partial charge is 0.270 e. The lowest BCUT2D eigenvalue weighted by Crippen LogP contribution is -2.12. The molecule has 2 aromatic rings. The second kappa shape index (κ2) is 6.30. The van der Waals surface area contributed by atoms with Crippen molar-refractivity contribution in [2.45, 2.75) is 26.2 Å². The molecule has 0 fully saturated rings. The van der Waals surface area contributed by atoms with E-state index in [4.69, 9.17) is 4.74 Å². The van der Waals surface area contributed by atoms with Crippen molar-refractivity contribution in [1.82, 2.24) is 0 Å². The van der Waals surface area contributed by atoms with Crippen LogP contribution in [0.4, 0.5) is 8.78 Å². The van der Waals surface area contributed by atoms with Crippen LogP contribution < -0.4 is 4.74 Å². The van der Waals surface area contributed by atoms with Crippen molar-refractivity contribution in [3.63, 3.8) is 0 Å². The van der Waals surface area contributed by atoms with Crippen molar-refractivity contribution in [2.75, 3.05) is 7.11 Å². The van der Waals surface area contributed by atoms with E-state index in [9.17, 15) is 8.78 Å². The normalized spacial score (nSPS) is 11.3. The maximum Gasteiger partial charge on any atom is 0.270 e. The first-order valence-corrected chi connectivity index (χ1v) is 7.11. The van der Waals surface area contributed by atoms with Crippen molar-refractivity contribution >= 4 is 5.57 Å². The number of ether oxygens (including phenoxy) is 1. The van der Waals surface area contributed by atoms with Crippen LogP contribution in [0, 0.1) is 6.92 Å². The molecule has 0 aliphatic heterocycles. The van der Waals surface area contributed by atoms with Gasteiger partial charge in [0, 0.05) is 18.1 Å². The summed E-state index contributed by atoms with van der Waals surface area (Å²) < 4.78 is 32.3. The van der Waals surface area contributed by atoms with Crippen LogP contribution in [0.3, 0.4) is 0 Å². The maximum atomic E-state index is 13.6. The zero-order valence-corrected chi connectivity index (χ0v) is 13.1. The van der Waals surface area contributed by atoms with Gasteiger partial charge in [0.2, 0.25) is 0 Å². The summed E-state index contributed by atoms with van der Waals surface area (Å²) in [6, 6.07) is 13.5. The number of alkyl halides is 2. The number of aryl methyl sites for hydroxylation is 1. The monoisotopic (exact) mass is 302 g/mol. The van der Waals surface area contributed by atoms with Gasteiger partial charge in [-0.1, -0.05) is 42.5 Å². The number of rotatable bonds is 5. The third kappa shape index (κ3) is 3.73. The van der Waals surface area contributed by atoms with Gasteiger partial charge in [-0.25, -0.2) is 8.78 Å². The first-order chi connectivity index (χ1) is 10.3. The molecular formula is C19H20F2O. The van der Waals surface area contributed by atoms with Gasteiger partial charge < -0.3 is 4.74 Å². The van der Waals surface area contributed by atoms with Crippen LogP contribution in [0.1, 0.15) is 29.2 Å². The number of hydrogen-bond donors (Lipinski definition) is 0. The zero-order valence-electron chi connectivity index (χ0n) is 13.1. The average molecular weight is 302 g/mol. The highest BCUT2D eigenvalue weighted by Gasteiger charge is 2.29. The fraction of sp³-hybridized carbons (Fsp3) is 0.263. The lowest BCUT2D eigenvalue weighted by atomic mass is 9.96. The highest BCUT2D eigenvalue weighted by molar-refractivity contribution is 5.73. The first kappa shape index (κ1) is 16.2. The van der Waals surface area contributed by atoms with E-state index >= 15 is 0 Å². The number of benzene rings is 2. The van der Waals surface area contributed by atoms with E-state index in [0.717, 1.165) is 18.1 Å². The van der Waals surface area contributed by atoms with Crippen LogP contribution >= 0.6 is 0 Å². The van der Waals surface area contributed by atoms with Gasteiger partial charge in [-0.15, -0.1) is 0 Å². The van der Waals surface area contributed by atoms with E-state index < -0.39 is 5.92 Å². The van der Waals surface area contributed by atoms with Crippen molar-refractivity contribution in [3.05, 3.63) is 71.3 Å². The molecule has 0 aliphatic rings. The van der Waals surface area contributed by atoms with Crippen LogP contribution in [-0.2, 0) is 6.42 Å². The molecular weight excluding hydrogens is 282 g/mol. The third-order valence-corrected chi connectivity index (χ3v) is 3.65. The topological polar surface area (TPSA) is 9.23 Å². The Morgan fingerprint density at radius 2 is 1.68 bits per heavy atom. The molecule has 116 valence electrons. The van der Waals surface area contributed by atoms with Gasteiger partial charge in [0.25, 0.3) is 5.92 Å². The Hall–Kier alpha value is -2.16. The summed E-state index contributed by atoms with van der Waals surface area (Å²) in [5, 5.41) is 0. The minimum absolute atomic E-state index is 0.227. The molecule has 0 saturated carbocycles. The van der Waals surface area contributed by atoms with E-state index in [0.29, 0.717) is 17.7 Å². The van der Waals surface area contributed by atoms with Gasteiger partial charge >= 0.3 is 0 Å². The molecule has 3 heteroatoms. The minimum atomic E-state index is -2.98. The molecule has 0 heterocycles. The Morgan fingerprint density at radius 3 is 2.23 bits per heavy atom. The SMILES string of the molecule is C=C(c1cc(Cc2ccc(C)cc2)ccc1OC)C(C)(F)F. The predicted molar refractivity (Wildman–Crippen MR) is 86.6 cm³/mol. The standard InChI is InChI=1S/C19H20F2O/c1-13-5-7-15(8-6-13)11-16-9-10-18(22-4)17(12-16)14(2)19(3,20)21/h5-10,12H,2,11H2,1,3-4H3. The summed E-state index contributed by atoms with van der Waals surface area (Å²) in [5.41, 5.74) is 3.41. The second-order valence-corrected chi connectivity index (χ2v) is 5.56. The number of allylic oxidation sites excluding steroid dienone is 1. The zero-order chi connectivity index (χ0) is 16.3. The van der Waals surface area contributed by atoms with Crippen LogP contribution in [0.2, 0.25) is 0 Å². The molecule has 0 saturated heterocycles. The minimum Gasteiger partial charge on any atom is -0.496 e. The molecule has 0 amide bonds. The van der Waals surface area contributed by atoms with Gasteiger partial charge in [-0.2, -0.15) is 0 Å². The number of halogens is 2. The van der Waals surface area contributed by atoms with Crippen LogP contribution in [-0.4, -0.2) is 13.0 Å². The van der Waals surface area contributed by atoms with E-state index in [1.165, 1.54) is 12.7 Å². The lowest BCUT2D eigenvalue weighted by Gasteiger charge is -2.18. The van der Waals surface area contributed by atoms with Crippen molar-refractivity contribution in [2.24, 2.45) is 0 Å². The largest absolute Gasteiger partial charge is 0.496 e. The molecule has 0 spiro atoms. The molecule has 0 aliphatic carbocycles. The highest BCUT2D eigenvalue weighted by atomic mass is 19.3. The van der Waals surface area contributed by atoms with E-state index in [1.807, 2.05) is 37.3 Å². The average Bonchev–Trinajstić information content (AvgIpc) is 2.48. The molecule has 0 atom stereocenters. The first-order valence-electron chi connectivity index (χ1n) is 7.11. The molecule has 1 nitrogen and oxygen atoms in total. The molecule has 2 aromatic carbocycles. The summed E-state index contributed by atoms with van der Waals surface area (Å²) in [6.45, 7) is 6.41. The number of hydrogen-bond acceptors (Lipinski definition) is 1. The summed E-state index contributed by atoms with van der Waals surface area (Å²) in [6.07, 6.45) is 0.680. The third-order valence-electron chi connectivity index (χ3n) is 3.65. The quantitative estimate of drug-likeness (QED) is 0.731. The Labute approximate surface area is 130 Å². The van der Waals surface area contributed by atoms with Crippen LogP contribution in [0.25, 0.3) is 5.57 Å². The molecule has 0 bridgehead atoms. The Balaban J connectivity index is 2.34. The highest BCUT2D eigenvalue weighted by Crippen LogP contribution is 2.36. The second-order valence-electron chi connectivity index (χ2n) is 5.56. The predicted octanol–water partition coefficient (Wildman–Crippen LogP) is 5.26. The van der Waals surface area contributed by atoms with Crippen LogP contribution in [0.5, 0.6) is 5.75 Å². The van der Waals surface area contributed by atoms with Gasteiger partial charge in [0.15, 0.2) is 0 Å². The molecule has 2 rings (SSSR count). The summed E-state index contributed by atoms with van der Waals surface area (Å²) in [4.78, 5) is 0. The molecule has 0 N–H and O–H groups in total. The molecule has 0 unspecified atom stereocenters. The van der Waals surface area contributed by atoms with Crippen molar-refractivity contribution < 1.29 is 13.5 Å². The summed E-state index contributed by atoms with van der Waals surface area (Å²) in [7, 11) is 1.47. The van der Waals surface area contributed by atoms with Gasteiger partial charge in [0.05, 0.1) is 7.11 Å². The van der Waals surface area contributed by atoms with Crippen molar-refractivity contribution in [1.29, 1.82) is 0 Å².